The SMILES string of the molecule is CC1CCCN(C(=O)c2cccc(C(F)(F)F)c2F)C1CN.Cl. The maximum absolute atomic E-state index is 14.1. The molecule has 3 nitrogen and oxygen atoms in total. The van der Waals surface area contributed by atoms with Gasteiger partial charge in [-0.2, -0.15) is 13.2 Å². The molecule has 1 heterocycles. The summed E-state index contributed by atoms with van der Waals surface area (Å²) in [4.78, 5) is 13.9. The molecular weight excluding hydrogens is 336 g/mol. The van der Waals surface area contributed by atoms with Crippen LogP contribution in [0.3, 0.4) is 0 Å². The van der Waals surface area contributed by atoms with Crippen molar-refractivity contribution in [3.63, 3.8) is 0 Å². The summed E-state index contributed by atoms with van der Waals surface area (Å²) >= 11 is 0. The average molecular weight is 355 g/mol. The summed E-state index contributed by atoms with van der Waals surface area (Å²) < 4.78 is 52.4. The van der Waals surface area contributed by atoms with Crippen LogP contribution in [0, 0.1) is 11.7 Å². The molecule has 2 atom stereocenters. The van der Waals surface area contributed by atoms with Crippen molar-refractivity contribution in [3.05, 3.63) is 35.1 Å². The van der Waals surface area contributed by atoms with Crippen molar-refractivity contribution in [2.75, 3.05) is 13.1 Å². The van der Waals surface area contributed by atoms with Gasteiger partial charge in [0.2, 0.25) is 0 Å². The fourth-order valence-corrected chi connectivity index (χ4v) is 2.93. The van der Waals surface area contributed by atoms with Crippen LogP contribution in [0.15, 0.2) is 18.2 Å². The van der Waals surface area contributed by atoms with E-state index in [1.807, 2.05) is 6.92 Å². The lowest BCUT2D eigenvalue weighted by Crippen LogP contribution is -2.51. The lowest BCUT2D eigenvalue weighted by atomic mass is 9.90. The third-order valence-electron chi connectivity index (χ3n) is 4.15. The Kier molecular flexibility index (Phi) is 6.41. The summed E-state index contributed by atoms with van der Waals surface area (Å²) in [6.45, 7) is 2.51. The first-order valence-corrected chi connectivity index (χ1v) is 7.14. The predicted molar refractivity (Wildman–Crippen MR) is 80.9 cm³/mol. The summed E-state index contributed by atoms with van der Waals surface area (Å²) in [6, 6.07) is 2.48. The predicted octanol–water partition coefficient (Wildman–Crippen LogP) is 3.47. The number of hydrogen-bond donors (Lipinski definition) is 1. The van der Waals surface area contributed by atoms with Crippen molar-refractivity contribution in [1.82, 2.24) is 4.90 Å². The molecule has 1 aromatic rings. The minimum absolute atomic E-state index is 0. The molecule has 0 aliphatic carbocycles. The Morgan fingerprint density at radius 3 is 2.61 bits per heavy atom. The largest absolute Gasteiger partial charge is 0.419 e. The molecule has 130 valence electrons. The Balaban J connectivity index is 0.00000264. The van der Waals surface area contributed by atoms with Gasteiger partial charge in [-0.05, 0) is 30.9 Å². The number of piperidine rings is 1. The molecule has 8 heteroatoms. The fraction of sp³-hybridized carbons (Fsp3) is 0.533. The number of carbonyl (C=O) groups is 1. The summed E-state index contributed by atoms with van der Waals surface area (Å²) in [7, 11) is 0. The smallest absolute Gasteiger partial charge is 0.334 e. The van der Waals surface area contributed by atoms with Crippen molar-refractivity contribution >= 4 is 18.3 Å². The maximum atomic E-state index is 14.1. The van der Waals surface area contributed by atoms with Crippen molar-refractivity contribution in [3.8, 4) is 0 Å². The van der Waals surface area contributed by atoms with E-state index in [1.54, 1.807) is 0 Å². The molecule has 2 rings (SSSR count). The first-order valence-electron chi connectivity index (χ1n) is 7.14. The Morgan fingerprint density at radius 2 is 2.04 bits per heavy atom. The number of nitrogens with zero attached hydrogens (tertiary/aromatic N) is 1. The van der Waals surface area contributed by atoms with Crippen LogP contribution in [-0.2, 0) is 6.18 Å². The molecule has 1 aliphatic rings. The van der Waals surface area contributed by atoms with Crippen LogP contribution in [-0.4, -0.2) is 29.9 Å². The molecule has 0 spiro atoms. The summed E-state index contributed by atoms with van der Waals surface area (Å²) in [5.41, 5.74) is 3.69. The van der Waals surface area contributed by atoms with Crippen LogP contribution < -0.4 is 5.73 Å². The molecule has 1 fully saturated rings. The van der Waals surface area contributed by atoms with Gasteiger partial charge >= 0.3 is 6.18 Å². The molecule has 1 aromatic carbocycles. The number of likely N-dealkylation sites (tertiary alicyclic amines) is 1. The summed E-state index contributed by atoms with van der Waals surface area (Å²) in [5.74, 6) is -2.11. The number of halogens is 5. The average Bonchev–Trinajstić information content (AvgIpc) is 2.45. The number of rotatable bonds is 2. The van der Waals surface area contributed by atoms with E-state index in [-0.39, 0.29) is 30.9 Å². The normalized spacial score (nSPS) is 21.7. The van der Waals surface area contributed by atoms with E-state index in [1.165, 1.54) is 4.90 Å². The Hall–Kier alpha value is -1.34. The molecular formula is C15H19ClF4N2O. The molecule has 2 N–H and O–H groups in total. The zero-order chi connectivity index (χ0) is 16.5. The van der Waals surface area contributed by atoms with Gasteiger partial charge in [-0.3, -0.25) is 4.79 Å². The van der Waals surface area contributed by atoms with Gasteiger partial charge < -0.3 is 10.6 Å². The second-order valence-electron chi connectivity index (χ2n) is 5.59. The third kappa shape index (κ3) is 3.95. The maximum Gasteiger partial charge on any atom is 0.419 e. The van der Waals surface area contributed by atoms with Crippen LogP contribution >= 0.6 is 12.4 Å². The van der Waals surface area contributed by atoms with E-state index in [2.05, 4.69) is 0 Å². The van der Waals surface area contributed by atoms with Crippen molar-refractivity contribution in [1.29, 1.82) is 0 Å². The van der Waals surface area contributed by atoms with Crippen LogP contribution in [0.4, 0.5) is 17.6 Å². The molecule has 2 unspecified atom stereocenters. The van der Waals surface area contributed by atoms with Crippen LogP contribution in [0.5, 0.6) is 0 Å². The van der Waals surface area contributed by atoms with Crippen LogP contribution in [0.25, 0.3) is 0 Å². The topological polar surface area (TPSA) is 46.3 Å². The lowest BCUT2D eigenvalue weighted by Gasteiger charge is -2.39. The quantitative estimate of drug-likeness (QED) is 0.827. The van der Waals surface area contributed by atoms with Gasteiger partial charge in [-0.25, -0.2) is 4.39 Å². The van der Waals surface area contributed by atoms with Gasteiger partial charge in [0.1, 0.15) is 5.82 Å². The monoisotopic (exact) mass is 354 g/mol. The van der Waals surface area contributed by atoms with E-state index < -0.39 is 29.0 Å². The number of benzene rings is 1. The van der Waals surface area contributed by atoms with Gasteiger partial charge in [-0.15, -0.1) is 12.4 Å². The standard InChI is InChI=1S/C15H18F4N2O.ClH/c1-9-4-3-7-21(12(9)8-20)14(22)10-5-2-6-11(13(10)16)15(17,18)19;/h2,5-6,9,12H,3-4,7-8,20H2,1H3;1H. The van der Waals surface area contributed by atoms with Crippen LogP contribution in [0.2, 0.25) is 0 Å². The van der Waals surface area contributed by atoms with Crippen LogP contribution in [0.1, 0.15) is 35.7 Å². The number of alkyl halides is 3. The molecule has 0 bridgehead atoms. The first-order chi connectivity index (χ1) is 10.3. The molecule has 23 heavy (non-hydrogen) atoms. The molecule has 0 saturated carbocycles. The van der Waals surface area contributed by atoms with Gasteiger partial charge in [0.25, 0.3) is 5.91 Å². The number of hydrogen-bond acceptors (Lipinski definition) is 2. The zero-order valence-electron chi connectivity index (χ0n) is 12.6. The lowest BCUT2D eigenvalue weighted by molar-refractivity contribution is -0.140. The second-order valence-corrected chi connectivity index (χ2v) is 5.59. The van der Waals surface area contributed by atoms with Crippen molar-refractivity contribution in [2.45, 2.75) is 32.0 Å². The molecule has 1 amide bonds. The highest BCUT2D eigenvalue weighted by atomic mass is 35.5. The second kappa shape index (κ2) is 7.49. The van der Waals surface area contributed by atoms with E-state index in [0.717, 1.165) is 25.0 Å². The van der Waals surface area contributed by atoms with Crippen molar-refractivity contribution in [2.24, 2.45) is 11.7 Å². The minimum atomic E-state index is -4.83. The van der Waals surface area contributed by atoms with Crippen molar-refractivity contribution < 1.29 is 22.4 Å². The highest BCUT2D eigenvalue weighted by Crippen LogP contribution is 2.33. The zero-order valence-corrected chi connectivity index (χ0v) is 13.4. The first kappa shape index (κ1) is 19.7. The minimum Gasteiger partial charge on any atom is -0.334 e. The number of amides is 1. The Morgan fingerprint density at radius 1 is 1.39 bits per heavy atom. The van der Waals surface area contributed by atoms with Gasteiger partial charge in [0.15, 0.2) is 0 Å². The highest BCUT2D eigenvalue weighted by molar-refractivity contribution is 5.95. The Labute approximate surface area is 138 Å². The highest BCUT2D eigenvalue weighted by Gasteiger charge is 2.38. The Bertz CT molecular complexity index is 565. The third-order valence-corrected chi connectivity index (χ3v) is 4.15. The molecule has 1 saturated heterocycles. The summed E-state index contributed by atoms with van der Waals surface area (Å²) in [6.07, 6.45) is -3.22. The van der Waals surface area contributed by atoms with Gasteiger partial charge in [0.05, 0.1) is 11.1 Å². The number of nitrogens with two attached hydrogens (primary N) is 1. The fourth-order valence-electron chi connectivity index (χ4n) is 2.93. The van der Waals surface area contributed by atoms with E-state index >= 15 is 0 Å². The van der Waals surface area contributed by atoms with E-state index in [0.29, 0.717) is 12.6 Å². The van der Waals surface area contributed by atoms with Gasteiger partial charge in [-0.1, -0.05) is 13.0 Å². The molecule has 0 aromatic heterocycles. The van der Waals surface area contributed by atoms with E-state index in [9.17, 15) is 22.4 Å². The van der Waals surface area contributed by atoms with Gasteiger partial charge in [0, 0.05) is 19.1 Å². The molecule has 1 aliphatic heterocycles. The number of carbonyl (C=O) groups excluding carboxylic acids is 1. The molecule has 0 radical (unpaired) electrons. The van der Waals surface area contributed by atoms with E-state index in [4.69, 9.17) is 5.73 Å². The summed E-state index contributed by atoms with van der Waals surface area (Å²) in [5, 5.41) is 0.